The molecular formula is C23H32BrN3O3. The van der Waals surface area contributed by atoms with Crippen LogP contribution in [0.3, 0.4) is 0 Å². The molecule has 2 N–H and O–H groups in total. The van der Waals surface area contributed by atoms with Gasteiger partial charge in [0.05, 0.1) is 11.8 Å². The van der Waals surface area contributed by atoms with Gasteiger partial charge >= 0.3 is 0 Å². The van der Waals surface area contributed by atoms with E-state index >= 15 is 0 Å². The molecule has 7 heteroatoms. The maximum Gasteiger partial charge on any atom is 0.246 e. The number of benzene rings is 1. The topological polar surface area (TPSA) is 74.7 Å². The van der Waals surface area contributed by atoms with Gasteiger partial charge in [0.25, 0.3) is 0 Å². The minimum atomic E-state index is -0.350. The summed E-state index contributed by atoms with van der Waals surface area (Å²) in [6.07, 6.45) is 4.71. The molecule has 0 radical (unpaired) electrons. The molecule has 6 nitrogen and oxygen atoms in total. The van der Waals surface area contributed by atoms with E-state index in [1.54, 1.807) is 7.11 Å². The van der Waals surface area contributed by atoms with Crippen molar-refractivity contribution in [1.29, 1.82) is 0 Å². The maximum atomic E-state index is 12.2. The number of halogens is 1. The largest absolute Gasteiger partial charge is 0.377 e. The molecule has 0 bridgehead atoms. The molecule has 1 aromatic heterocycles. The summed E-state index contributed by atoms with van der Waals surface area (Å²) in [5, 5.41) is 9.17. The van der Waals surface area contributed by atoms with E-state index in [2.05, 4.69) is 32.9 Å². The van der Waals surface area contributed by atoms with Crippen LogP contribution in [0.4, 0.5) is 0 Å². The Hall–Kier alpha value is -1.80. The van der Waals surface area contributed by atoms with E-state index in [4.69, 9.17) is 9.94 Å². The summed E-state index contributed by atoms with van der Waals surface area (Å²) in [5.74, 6) is -0.656. The lowest BCUT2D eigenvalue weighted by Gasteiger charge is -2.22. The van der Waals surface area contributed by atoms with E-state index in [0.29, 0.717) is 12.8 Å². The molecule has 0 aliphatic heterocycles. The number of carbonyl (C=O) groups excluding carboxylic acids is 1. The van der Waals surface area contributed by atoms with Crippen LogP contribution in [-0.4, -0.2) is 41.7 Å². The fraction of sp³-hybridized carbons (Fsp3) is 0.478. The summed E-state index contributed by atoms with van der Waals surface area (Å²) in [7, 11) is 3.73. The van der Waals surface area contributed by atoms with Crippen molar-refractivity contribution in [2.24, 2.45) is 5.92 Å². The predicted octanol–water partition coefficient (Wildman–Crippen LogP) is 4.65. The Kier molecular flexibility index (Phi) is 10.4. The third kappa shape index (κ3) is 8.14. The summed E-state index contributed by atoms with van der Waals surface area (Å²) in [4.78, 5) is 18.8. The molecule has 164 valence electrons. The zero-order valence-corrected chi connectivity index (χ0v) is 19.6. The van der Waals surface area contributed by atoms with Gasteiger partial charge in [-0.15, -0.1) is 0 Å². The first kappa shape index (κ1) is 24.5. The summed E-state index contributed by atoms with van der Waals surface area (Å²) < 4.78 is 6.61. The van der Waals surface area contributed by atoms with Crippen molar-refractivity contribution in [3.63, 3.8) is 0 Å². The average molecular weight is 478 g/mol. The van der Waals surface area contributed by atoms with E-state index in [9.17, 15) is 4.79 Å². The van der Waals surface area contributed by atoms with Gasteiger partial charge in [-0.05, 0) is 73.4 Å². The summed E-state index contributed by atoms with van der Waals surface area (Å²) >= 11 is 3.40. The molecule has 30 heavy (non-hydrogen) atoms. The molecule has 0 spiro atoms. The van der Waals surface area contributed by atoms with Crippen molar-refractivity contribution in [1.82, 2.24) is 15.4 Å². The third-order valence-electron chi connectivity index (χ3n) is 5.28. The number of methoxy groups -OCH3 is 1. The van der Waals surface area contributed by atoms with Gasteiger partial charge in [-0.25, -0.2) is 5.48 Å². The molecule has 2 atom stereocenters. The second-order valence-electron chi connectivity index (χ2n) is 7.75. The molecule has 0 aliphatic rings. The van der Waals surface area contributed by atoms with Crippen molar-refractivity contribution in [3.05, 3.63) is 63.9 Å². The number of hydroxylamine groups is 1. The van der Waals surface area contributed by atoms with Crippen LogP contribution in [0.5, 0.6) is 0 Å². The average Bonchev–Trinajstić information content (AvgIpc) is 2.75. The number of pyridine rings is 1. The molecule has 2 rings (SSSR count). The molecule has 0 saturated heterocycles. The Balaban J connectivity index is 1.83. The highest BCUT2D eigenvalue weighted by Gasteiger charge is 2.23. The van der Waals surface area contributed by atoms with Gasteiger partial charge in [0, 0.05) is 30.2 Å². The van der Waals surface area contributed by atoms with E-state index in [-0.39, 0.29) is 17.9 Å². The van der Waals surface area contributed by atoms with Gasteiger partial charge in [0.15, 0.2) is 0 Å². The first-order valence-electron chi connectivity index (χ1n) is 10.2. The molecule has 0 saturated carbocycles. The van der Waals surface area contributed by atoms with Crippen molar-refractivity contribution in [2.75, 3.05) is 20.7 Å². The fourth-order valence-corrected chi connectivity index (χ4v) is 3.72. The third-order valence-corrected chi connectivity index (χ3v) is 5.75. The van der Waals surface area contributed by atoms with Crippen LogP contribution in [0.25, 0.3) is 0 Å². The number of aromatic nitrogens is 1. The molecule has 1 aromatic carbocycles. The zero-order valence-electron chi connectivity index (χ0n) is 18.0. The standard InChI is InChI=1S/C23H32BrN3O3/c1-17-7-9-18(10-8-17)22(30-3)14-19(23(28)26-29)6-4-5-13-27(2)16-21-12-11-20(24)15-25-21/h7-12,15,19,22,29H,4-6,13-14,16H2,1-3H3,(H,26,28)/t19-,22+/m0/s1. The number of rotatable bonds is 12. The van der Waals surface area contributed by atoms with Gasteiger partial charge in [-0.2, -0.15) is 0 Å². The van der Waals surface area contributed by atoms with E-state index < -0.39 is 0 Å². The molecule has 1 amide bonds. The normalized spacial score (nSPS) is 13.3. The Morgan fingerprint density at radius 2 is 1.97 bits per heavy atom. The second-order valence-corrected chi connectivity index (χ2v) is 8.66. The van der Waals surface area contributed by atoms with Crippen LogP contribution in [-0.2, 0) is 16.1 Å². The number of aryl methyl sites for hydroxylation is 1. The Labute approximate surface area is 187 Å². The number of unbranched alkanes of at least 4 members (excludes halogenated alkanes) is 1. The van der Waals surface area contributed by atoms with Crippen molar-refractivity contribution in [2.45, 2.75) is 45.3 Å². The number of carbonyl (C=O) groups is 1. The molecular weight excluding hydrogens is 446 g/mol. The highest BCUT2D eigenvalue weighted by atomic mass is 79.9. The molecule has 1 heterocycles. The monoisotopic (exact) mass is 477 g/mol. The SMILES string of the molecule is CO[C@H](C[C@H](CCCCN(C)Cc1ccc(Br)cn1)C(=O)NO)c1ccc(C)cc1. The van der Waals surface area contributed by atoms with E-state index in [0.717, 1.165) is 41.7 Å². The number of nitrogens with one attached hydrogen (secondary N) is 1. The van der Waals surface area contributed by atoms with Crippen LogP contribution >= 0.6 is 15.9 Å². The quantitative estimate of drug-likeness (QED) is 0.264. The fourth-order valence-electron chi connectivity index (χ4n) is 3.48. The number of amides is 1. The minimum Gasteiger partial charge on any atom is -0.377 e. The van der Waals surface area contributed by atoms with Gasteiger partial charge < -0.3 is 9.64 Å². The lowest BCUT2D eigenvalue weighted by molar-refractivity contribution is -0.135. The van der Waals surface area contributed by atoms with Crippen LogP contribution < -0.4 is 5.48 Å². The van der Waals surface area contributed by atoms with Crippen LogP contribution in [0.1, 0.15) is 48.6 Å². The molecule has 0 fully saturated rings. The number of hydrogen-bond acceptors (Lipinski definition) is 5. The molecule has 0 aliphatic carbocycles. The summed E-state index contributed by atoms with van der Waals surface area (Å²) in [6.45, 7) is 3.74. The summed E-state index contributed by atoms with van der Waals surface area (Å²) in [5.41, 5.74) is 5.08. The van der Waals surface area contributed by atoms with Crippen LogP contribution in [0.15, 0.2) is 47.1 Å². The number of hydrogen-bond donors (Lipinski definition) is 2. The summed E-state index contributed by atoms with van der Waals surface area (Å²) in [6, 6.07) is 12.1. The van der Waals surface area contributed by atoms with Crippen LogP contribution in [0, 0.1) is 12.8 Å². The lowest BCUT2D eigenvalue weighted by Crippen LogP contribution is -2.29. The maximum absolute atomic E-state index is 12.2. The van der Waals surface area contributed by atoms with Gasteiger partial charge in [-0.1, -0.05) is 36.2 Å². The van der Waals surface area contributed by atoms with Crippen molar-refractivity contribution >= 4 is 21.8 Å². The van der Waals surface area contributed by atoms with Gasteiger partial charge in [0.1, 0.15) is 0 Å². The Morgan fingerprint density at radius 1 is 1.23 bits per heavy atom. The first-order chi connectivity index (χ1) is 14.4. The Morgan fingerprint density at radius 3 is 2.57 bits per heavy atom. The highest BCUT2D eigenvalue weighted by molar-refractivity contribution is 9.10. The van der Waals surface area contributed by atoms with Crippen LogP contribution in [0.2, 0.25) is 0 Å². The predicted molar refractivity (Wildman–Crippen MR) is 121 cm³/mol. The second kappa shape index (κ2) is 12.8. The zero-order chi connectivity index (χ0) is 21.9. The molecule has 0 unspecified atom stereocenters. The lowest BCUT2D eigenvalue weighted by atomic mass is 9.91. The van der Waals surface area contributed by atoms with Gasteiger partial charge in [-0.3, -0.25) is 15.0 Å². The van der Waals surface area contributed by atoms with E-state index in [1.165, 1.54) is 5.56 Å². The van der Waals surface area contributed by atoms with Crippen molar-refractivity contribution in [3.8, 4) is 0 Å². The smallest absolute Gasteiger partial charge is 0.246 e. The number of ether oxygens (including phenoxy) is 1. The Bertz CT molecular complexity index is 768. The van der Waals surface area contributed by atoms with Gasteiger partial charge in [0.2, 0.25) is 5.91 Å². The highest BCUT2D eigenvalue weighted by Crippen LogP contribution is 2.28. The van der Waals surface area contributed by atoms with Crippen molar-refractivity contribution < 1.29 is 14.7 Å². The minimum absolute atomic E-state index is 0.181. The van der Waals surface area contributed by atoms with E-state index in [1.807, 2.05) is 55.0 Å². The first-order valence-corrected chi connectivity index (χ1v) is 11.0. The molecule has 2 aromatic rings. The number of nitrogens with zero attached hydrogens (tertiary/aromatic N) is 2.